The molecule has 2 heterocycles. The van der Waals surface area contributed by atoms with Gasteiger partial charge in [0.25, 0.3) is 0 Å². The van der Waals surface area contributed by atoms with Crippen LogP contribution < -0.4 is 22.4 Å². The number of nitrogens with two attached hydrogens (primary N) is 2. The SMILES string of the molecule is Cc1ccc(-c2nc3c(nc2-c2ccc(C)cc2)NC(CCCC/C(=N/N)NN)C(O)C3)cc1. The van der Waals surface area contributed by atoms with E-state index >= 15 is 0 Å². The molecule has 0 saturated heterocycles. The van der Waals surface area contributed by atoms with E-state index in [2.05, 4.69) is 78.2 Å². The molecule has 8 heteroatoms. The summed E-state index contributed by atoms with van der Waals surface area (Å²) in [5.41, 5.74) is 9.38. The third-order valence-corrected chi connectivity index (χ3v) is 6.31. The Hall–Kier alpha value is -3.49. The quantitative estimate of drug-likeness (QED) is 0.120. The van der Waals surface area contributed by atoms with Crippen molar-refractivity contribution >= 4 is 11.7 Å². The van der Waals surface area contributed by atoms with Crippen molar-refractivity contribution in [2.75, 3.05) is 5.32 Å². The molecule has 1 aliphatic rings. The number of fused-ring (bicyclic) bond motifs is 1. The summed E-state index contributed by atoms with van der Waals surface area (Å²) in [5, 5.41) is 17.9. The van der Waals surface area contributed by atoms with Crippen molar-refractivity contribution in [3.05, 3.63) is 65.4 Å². The molecule has 2 unspecified atom stereocenters. The zero-order chi connectivity index (χ0) is 24.1. The topological polar surface area (TPSA) is 134 Å². The Bertz CT molecular complexity index is 1140. The van der Waals surface area contributed by atoms with Crippen LogP contribution in [0.5, 0.6) is 0 Å². The number of aromatic nitrogens is 2. The maximum absolute atomic E-state index is 10.8. The molecule has 1 aromatic heterocycles. The van der Waals surface area contributed by atoms with Gasteiger partial charge in [0.1, 0.15) is 11.7 Å². The number of anilines is 1. The van der Waals surface area contributed by atoms with Gasteiger partial charge in [0.2, 0.25) is 0 Å². The molecule has 8 nitrogen and oxygen atoms in total. The number of rotatable bonds is 7. The lowest BCUT2D eigenvalue weighted by molar-refractivity contribution is 0.141. The summed E-state index contributed by atoms with van der Waals surface area (Å²) >= 11 is 0. The van der Waals surface area contributed by atoms with Crippen molar-refractivity contribution in [2.24, 2.45) is 16.8 Å². The van der Waals surface area contributed by atoms with Crippen molar-refractivity contribution in [3.8, 4) is 22.5 Å². The normalized spacial score (nSPS) is 17.7. The summed E-state index contributed by atoms with van der Waals surface area (Å²) in [6.45, 7) is 4.14. The number of aliphatic hydroxyl groups excluding tert-OH is 1. The van der Waals surface area contributed by atoms with E-state index in [-0.39, 0.29) is 6.04 Å². The second-order valence-corrected chi connectivity index (χ2v) is 8.94. The number of unbranched alkanes of at least 4 members (excludes halogenated alkanes) is 1. The molecule has 0 spiro atoms. The summed E-state index contributed by atoms with van der Waals surface area (Å²) in [7, 11) is 0. The third-order valence-electron chi connectivity index (χ3n) is 6.31. The lowest BCUT2D eigenvalue weighted by Crippen LogP contribution is -2.40. The van der Waals surface area contributed by atoms with E-state index in [1.165, 1.54) is 11.1 Å². The molecule has 0 radical (unpaired) electrons. The first-order valence-corrected chi connectivity index (χ1v) is 11.7. The van der Waals surface area contributed by atoms with Crippen LogP contribution >= 0.6 is 0 Å². The standard InChI is InChI=1S/C26H33N7O/c1-16-7-11-18(12-8-16)24-25(19-13-9-17(2)10-14-19)31-26-21(29-24)15-22(34)20(30-26)5-3-4-6-23(32-27)33-28/h7-14,20,22,34H,3-6,15,27-28H2,1-2H3,(H,30,31)(H,32,33). The Labute approximate surface area is 200 Å². The number of benzene rings is 2. The predicted molar refractivity (Wildman–Crippen MR) is 137 cm³/mol. The Morgan fingerprint density at radius 2 is 1.59 bits per heavy atom. The Balaban J connectivity index is 1.61. The van der Waals surface area contributed by atoms with Gasteiger partial charge in [0.05, 0.1) is 29.2 Å². The van der Waals surface area contributed by atoms with Gasteiger partial charge in [-0.1, -0.05) is 66.1 Å². The largest absolute Gasteiger partial charge is 0.391 e. The highest BCUT2D eigenvalue weighted by atomic mass is 16.3. The Morgan fingerprint density at radius 3 is 2.15 bits per heavy atom. The minimum Gasteiger partial charge on any atom is -0.391 e. The van der Waals surface area contributed by atoms with Gasteiger partial charge >= 0.3 is 0 Å². The second-order valence-electron chi connectivity index (χ2n) is 8.94. The van der Waals surface area contributed by atoms with Crippen LogP contribution in [-0.4, -0.2) is 33.1 Å². The fourth-order valence-electron chi connectivity index (χ4n) is 4.26. The van der Waals surface area contributed by atoms with Crippen LogP contribution in [0.25, 0.3) is 22.5 Å². The van der Waals surface area contributed by atoms with E-state index in [1.54, 1.807) is 0 Å². The van der Waals surface area contributed by atoms with E-state index in [0.717, 1.165) is 53.3 Å². The number of nitrogens with one attached hydrogen (secondary N) is 2. The number of aliphatic hydroxyl groups is 1. The van der Waals surface area contributed by atoms with Gasteiger partial charge in [-0.25, -0.2) is 15.8 Å². The lowest BCUT2D eigenvalue weighted by Gasteiger charge is -2.31. The molecule has 3 aromatic rings. The number of hydrogen-bond acceptors (Lipinski definition) is 7. The van der Waals surface area contributed by atoms with Crippen LogP contribution in [0.1, 0.15) is 42.5 Å². The van der Waals surface area contributed by atoms with Gasteiger partial charge in [0, 0.05) is 24.0 Å². The van der Waals surface area contributed by atoms with E-state index in [4.69, 9.17) is 21.7 Å². The summed E-state index contributed by atoms with van der Waals surface area (Å²) in [5.74, 6) is 12.0. The molecule has 0 fully saturated rings. The highest BCUT2D eigenvalue weighted by Gasteiger charge is 2.29. The van der Waals surface area contributed by atoms with Crippen LogP contribution in [0.15, 0.2) is 53.6 Å². The molecule has 178 valence electrons. The van der Waals surface area contributed by atoms with Gasteiger partial charge < -0.3 is 21.7 Å². The first kappa shape index (κ1) is 23.7. The van der Waals surface area contributed by atoms with Crippen molar-refractivity contribution in [2.45, 2.75) is 58.1 Å². The predicted octanol–water partition coefficient (Wildman–Crippen LogP) is 3.42. The first-order chi connectivity index (χ1) is 16.5. The van der Waals surface area contributed by atoms with Crippen molar-refractivity contribution in [3.63, 3.8) is 0 Å². The molecule has 2 aromatic carbocycles. The summed E-state index contributed by atoms with van der Waals surface area (Å²) in [6.07, 6.45) is 3.16. The number of hydrogen-bond donors (Lipinski definition) is 5. The smallest absolute Gasteiger partial charge is 0.148 e. The van der Waals surface area contributed by atoms with Gasteiger partial charge in [-0.15, -0.1) is 0 Å². The fourth-order valence-corrected chi connectivity index (χ4v) is 4.26. The maximum Gasteiger partial charge on any atom is 0.148 e. The van der Waals surface area contributed by atoms with Gasteiger partial charge in [0.15, 0.2) is 0 Å². The highest BCUT2D eigenvalue weighted by molar-refractivity contribution is 5.81. The zero-order valence-electron chi connectivity index (χ0n) is 19.8. The first-order valence-electron chi connectivity index (χ1n) is 11.7. The molecular formula is C26H33N7O. The minimum absolute atomic E-state index is 0.0954. The van der Waals surface area contributed by atoms with Crippen LogP contribution in [0, 0.1) is 13.8 Å². The van der Waals surface area contributed by atoms with E-state index in [9.17, 15) is 5.11 Å². The monoisotopic (exact) mass is 459 g/mol. The molecule has 2 atom stereocenters. The number of hydrazine groups is 1. The molecule has 4 rings (SSSR count). The van der Waals surface area contributed by atoms with E-state index in [1.807, 2.05) is 0 Å². The number of amidine groups is 1. The molecular weight excluding hydrogens is 426 g/mol. The van der Waals surface area contributed by atoms with Crippen LogP contribution in [0.2, 0.25) is 0 Å². The second kappa shape index (κ2) is 10.6. The van der Waals surface area contributed by atoms with Crippen molar-refractivity contribution < 1.29 is 5.11 Å². The molecule has 0 bridgehead atoms. The molecule has 0 saturated carbocycles. The number of hydrazone groups is 1. The highest BCUT2D eigenvalue weighted by Crippen LogP contribution is 2.34. The lowest BCUT2D eigenvalue weighted by atomic mass is 9.95. The molecule has 0 amide bonds. The van der Waals surface area contributed by atoms with Crippen molar-refractivity contribution in [1.82, 2.24) is 15.4 Å². The summed E-state index contributed by atoms with van der Waals surface area (Å²) in [6, 6.07) is 16.6. The Morgan fingerprint density at radius 1 is 1.00 bits per heavy atom. The molecule has 34 heavy (non-hydrogen) atoms. The average molecular weight is 460 g/mol. The Kier molecular flexibility index (Phi) is 7.40. The van der Waals surface area contributed by atoms with Gasteiger partial charge in [-0.3, -0.25) is 0 Å². The maximum atomic E-state index is 10.8. The van der Waals surface area contributed by atoms with Crippen LogP contribution in [0.3, 0.4) is 0 Å². The van der Waals surface area contributed by atoms with Crippen LogP contribution in [-0.2, 0) is 6.42 Å². The number of nitrogens with zero attached hydrogens (tertiary/aromatic N) is 3. The molecule has 7 N–H and O–H groups in total. The van der Waals surface area contributed by atoms with E-state index < -0.39 is 6.10 Å². The van der Waals surface area contributed by atoms with Crippen molar-refractivity contribution in [1.29, 1.82) is 0 Å². The van der Waals surface area contributed by atoms with Gasteiger partial charge in [-0.2, -0.15) is 5.10 Å². The summed E-state index contributed by atoms with van der Waals surface area (Å²) in [4.78, 5) is 10.0. The molecule has 0 aliphatic carbocycles. The van der Waals surface area contributed by atoms with Crippen LogP contribution in [0.4, 0.5) is 5.82 Å². The summed E-state index contributed by atoms with van der Waals surface area (Å²) < 4.78 is 0. The minimum atomic E-state index is -0.534. The average Bonchev–Trinajstić information content (AvgIpc) is 2.85. The van der Waals surface area contributed by atoms with E-state index in [0.29, 0.717) is 18.7 Å². The molecule has 1 aliphatic heterocycles. The number of aryl methyl sites for hydroxylation is 2. The third kappa shape index (κ3) is 5.35. The zero-order valence-corrected chi connectivity index (χ0v) is 19.8. The fraction of sp³-hybridized carbons (Fsp3) is 0.346. The van der Waals surface area contributed by atoms with Gasteiger partial charge in [-0.05, 0) is 26.7 Å².